The monoisotopic (exact) mass is 457 g/mol. The van der Waals surface area contributed by atoms with Crippen LogP contribution in [0.25, 0.3) is 0 Å². The van der Waals surface area contributed by atoms with Gasteiger partial charge in [-0.1, -0.05) is 13.8 Å². The Kier molecular flexibility index (Phi) is 10.0. The maximum atomic E-state index is 13.0. The normalized spacial score (nSPS) is 18.5. The second-order valence-electron chi connectivity index (χ2n) is 8.03. The Morgan fingerprint density at radius 2 is 1.69 bits per heavy atom. The van der Waals surface area contributed by atoms with Crippen LogP contribution in [0.4, 0.5) is 0 Å². The topological polar surface area (TPSA) is 222 Å². The van der Waals surface area contributed by atoms with Crippen molar-refractivity contribution >= 4 is 35.6 Å². The van der Waals surface area contributed by atoms with Crippen molar-refractivity contribution in [1.82, 2.24) is 15.5 Å². The van der Waals surface area contributed by atoms with Crippen LogP contribution in [0.3, 0.4) is 0 Å². The predicted octanol–water partition coefficient (Wildman–Crippen LogP) is -2.24. The lowest BCUT2D eigenvalue weighted by molar-refractivity contribution is -0.150. The van der Waals surface area contributed by atoms with Gasteiger partial charge in [-0.3, -0.25) is 24.0 Å². The molecular formula is C19H31N5O8. The van der Waals surface area contributed by atoms with Crippen LogP contribution in [0.5, 0.6) is 0 Å². The third-order valence-electron chi connectivity index (χ3n) is 5.10. The summed E-state index contributed by atoms with van der Waals surface area (Å²) in [6, 6.07) is -4.78. The fraction of sp³-hybridized carbons (Fsp3) is 0.684. The molecule has 1 aliphatic rings. The highest BCUT2D eigenvalue weighted by molar-refractivity contribution is 5.96. The summed E-state index contributed by atoms with van der Waals surface area (Å²) >= 11 is 0. The van der Waals surface area contributed by atoms with E-state index in [-0.39, 0.29) is 19.4 Å². The first-order chi connectivity index (χ1) is 14.8. The highest BCUT2D eigenvalue weighted by Gasteiger charge is 2.39. The fourth-order valence-corrected chi connectivity index (χ4v) is 3.33. The number of amides is 4. The molecule has 0 aromatic carbocycles. The van der Waals surface area contributed by atoms with E-state index >= 15 is 0 Å². The van der Waals surface area contributed by atoms with Gasteiger partial charge in [-0.15, -0.1) is 0 Å². The van der Waals surface area contributed by atoms with Crippen LogP contribution in [-0.2, 0) is 28.8 Å². The molecule has 0 spiro atoms. The minimum absolute atomic E-state index is 0.190. The van der Waals surface area contributed by atoms with Gasteiger partial charge < -0.3 is 37.2 Å². The molecule has 0 aromatic heterocycles. The van der Waals surface area contributed by atoms with Crippen LogP contribution in [0.2, 0.25) is 0 Å². The number of likely N-dealkylation sites (tertiary alicyclic amines) is 1. The molecule has 1 saturated heterocycles. The van der Waals surface area contributed by atoms with Crippen molar-refractivity contribution in [2.24, 2.45) is 17.4 Å². The van der Waals surface area contributed by atoms with Crippen molar-refractivity contribution in [3.05, 3.63) is 0 Å². The number of primary amides is 1. The van der Waals surface area contributed by atoms with Crippen molar-refractivity contribution < 1.29 is 39.0 Å². The maximum Gasteiger partial charge on any atom is 0.326 e. The molecule has 180 valence electrons. The molecular weight excluding hydrogens is 426 g/mol. The lowest BCUT2D eigenvalue weighted by atomic mass is 10.0. The Morgan fingerprint density at radius 3 is 2.19 bits per heavy atom. The average Bonchev–Trinajstić information content (AvgIpc) is 3.18. The standard InChI is InChI=1S/C19H31N5O8/c1-9(2)15(18(30)24-7-3-4-12(24)19(31)32)23-17(29)11(8-13(21)25)22-16(28)10(20)5-6-14(26)27/h9-12,15H,3-8,20H2,1-2H3,(H2,21,25)(H,22,28)(H,23,29)(H,26,27)(H,31,32). The largest absolute Gasteiger partial charge is 0.481 e. The molecule has 32 heavy (non-hydrogen) atoms. The molecule has 0 radical (unpaired) electrons. The molecule has 4 atom stereocenters. The number of nitrogens with zero attached hydrogens (tertiary/aromatic N) is 1. The van der Waals surface area contributed by atoms with E-state index in [0.29, 0.717) is 12.8 Å². The molecule has 8 N–H and O–H groups in total. The number of aliphatic carboxylic acids is 2. The number of hydrogen-bond acceptors (Lipinski definition) is 7. The number of carboxylic acids is 2. The third kappa shape index (κ3) is 7.80. The summed E-state index contributed by atoms with van der Waals surface area (Å²) in [4.78, 5) is 72.6. The average molecular weight is 457 g/mol. The van der Waals surface area contributed by atoms with Crippen LogP contribution in [0, 0.1) is 5.92 Å². The zero-order valence-corrected chi connectivity index (χ0v) is 18.1. The van der Waals surface area contributed by atoms with Crippen molar-refractivity contribution in [2.75, 3.05) is 6.54 Å². The molecule has 0 aliphatic carbocycles. The lowest BCUT2D eigenvalue weighted by Gasteiger charge is -2.30. The summed E-state index contributed by atoms with van der Waals surface area (Å²) < 4.78 is 0. The van der Waals surface area contributed by atoms with Crippen LogP contribution in [-0.4, -0.2) is 81.4 Å². The van der Waals surface area contributed by atoms with E-state index in [2.05, 4.69) is 10.6 Å². The number of nitrogens with one attached hydrogen (secondary N) is 2. The summed E-state index contributed by atoms with van der Waals surface area (Å²) in [5.41, 5.74) is 10.8. The summed E-state index contributed by atoms with van der Waals surface area (Å²) in [5, 5.41) is 22.8. The molecule has 1 aliphatic heterocycles. The van der Waals surface area contributed by atoms with Gasteiger partial charge >= 0.3 is 11.9 Å². The van der Waals surface area contributed by atoms with E-state index in [1.165, 1.54) is 4.90 Å². The van der Waals surface area contributed by atoms with Gasteiger partial charge in [0.05, 0.1) is 12.5 Å². The molecule has 13 heteroatoms. The molecule has 0 bridgehead atoms. The zero-order chi connectivity index (χ0) is 24.6. The second-order valence-corrected chi connectivity index (χ2v) is 8.03. The number of carbonyl (C=O) groups excluding carboxylic acids is 4. The van der Waals surface area contributed by atoms with Gasteiger partial charge in [0.2, 0.25) is 23.6 Å². The zero-order valence-electron chi connectivity index (χ0n) is 18.1. The number of carboxylic acid groups (broad SMARTS) is 2. The van der Waals surface area contributed by atoms with Gasteiger partial charge in [0.1, 0.15) is 18.1 Å². The minimum Gasteiger partial charge on any atom is -0.481 e. The molecule has 13 nitrogen and oxygen atoms in total. The number of carbonyl (C=O) groups is 6. The first kappa shape index (κ1) is 26.8. The van der Waals surface area contributed by atoms with Gasteiger partial charge in [0.25, 0.3) is 0 Å². The first-order valence-electron chi connectivity index (χ1n) is 10.2. The van der Waals surface area contributed by atoms with E-state index in [4.69, 9.17) is 16.6 Å². The highest BCUT2D eigenvalue weighted by Crippen LogP contribution is 2.20. The minimum atomic E-state index is -1.45. The van der Waals surface area contributed by atoms with Crippen LogP contribution < -0.4 is 22.1 Å². The van der Waals surface area contributed by atoms with Gasteiger partial charge in [-0.25, -0.2) is 4.79 Å². The third-order valence-corrected chi connectivity index (χ3v) is 5.10. The Balaban J connectivity index is 2.94. The molecule has 1 fully saturated rings. The molecule has 1 rings (SSSR count). The molecule has 4 amide bonds. The van der Waals surface area contributed by atoms with Gasteiger partial charge in [-0.2, -0.15) is 0 Å². The summed E-state index contributed by atoms with van der Waals surface area (Å²) in [5.74, 6) is -5.93. The predicted molar refractivity (Wildman–Crippen MR) is 110 cm³/mol. The molecule has 1 heterocycles. The van der Waals surface area contributed by atoms with Gasteiger partial charge in [-0.05, 0) is 25.2 Å². The van der Waals surface area contributed by atoms with Gasteiger partial charge in [0.15, 0.2) is 0 Å². The Labute approximate surface area is 184 Å². The van der Waals surface area contributed by atoms with Crippen molar-refractivity contribution in [3.8, 4) is 0 Å². The maximum absolute atomic E-state index is 13.0. The summed E-state index contributed by atoms with van der Waals surface area (Å²) in [6.07, 6.45) is -0.329. The van der Waals surface area contributed by atoms with Crippen molar-refractivity contribution in [1.29, 1.82) is 0 Å². The second kappa shape index (κ2) is 12.0. The Bertz CT molecular complexity index is 756. The molecule has 4 unspecified atom stereocenters. The van der Waals surface area contributed by atoms with Crippen LogP contribution >= 0.6 is 0 Å². The molecule has 0 aromatic rings. The summed E-state index contributed by atoms with van der Waals surface area (Å²) in [6.45, 7) is 3.53. The van der Waals surface area contributed by atoms with E-state index in [9.17, 15) is 33.9 Å². The Hall–Kier alpha value is -3.22. The van der Waals surface area contributed by atoms with E-state index in [1.54, 1.807) is 13.8 Å². The number of rotatable bonds is 12. The van der Waals surface area contributed by atoms with E-state index < -0.39 is 72.1 Å². The number of hydrogen-bond donors (Lipinski definition) is 6. The summed E-state index contributed by atoms with van der Waals surface area (Å²) in [7, 11) is 0. The SMILES string of the molecule is CC(C)C(NC(=O)C(CC(N)=O)NC(=O)C(N)CCC(=O)O)C(=O)N1CCCC1C(=O)O. The highest BCUT2D eigenvalue weighted by atomic mass is 16.4. The Morgan fingerprint density at radius 1 is 1.06 bits per heavy atom. The van der Waals surface area contributed by atoms with E-state index in [1.807, 2.05) is 0 Å². The lowest BCUT2D eigenvalue weighted by Crippen LogP contribution is -2.59. The first-order valence-corrected chi connectivity index (χ1v) is 10.2. The quantitative estimate of drug-likeness (QED) is 0.186. The number of nitrogens with two attached hydrogens (primary N) is 2. The fourth-order valence-electron chi connectivity index (χ4n) is 3.33. The van der Waals surface area contributed by atoms with Crippen LogP contribution in [0.15, 0.2) is 0 Å². The van der Waals surface area contributed by atoms with Gasteiger partial charge in [0, 0.05) is 13.0 Å². The van der Waals surface area contributed by atoms with Crippen molar-refractivity contribution in [3.63, 3.8) is 0 Å². The van der Waals surface area contributed by atoms with Crippen LogP contribution in [0.1, 0.15) is 46.0 Å². The smallest absolute Gasteiger partial charge is 0.326 e. The molecule has 0 saturated carbocycles. The van der Waals surface area contributed by atoms with Crippen molar-refractivity contribution in [2.45, 2.75) is 70.1 Å². The van der Waals surface area contributed by atoms with E-state index in [0.717, 1.165) is 0 Å².